The van der Waals surface area contributed by atoms with Crippen LogP contribution in [0.5, 0.6) is 0 Å². The highest BCUT2D eigenvalue weighted by molar-refractivity contribution is 7.99. The largest absolute Gasteiger partial charge is 0.255 e. The lowest BCUT2D eigenvalue weighted by Gasteiger charge is -2.06. The second kappa shape index (κ2) is 15.7. The highest BCUT2D eigenvalue weighted by atomic mass is 32.2. The molecule has 1 aromatic carbocycles. The Kier molecular flexibility index (Phi) is 12.2. The molecule has 0 aliphatic carbocycles. The second-order valence-corrected chi connectivity index (χ2v) is 10.3. The van der Waals surface area contributed by atoms with Crippen LogP contribution in [0.4, 0.5) is 0 Å². The molecule has 3 rings (SSSR count). The van der Waals surface area contributed by atoms with Gasteiger partial charge in [-0.15, -0.1) is 11.8 Å². The van der Waals surface area contributed by atoms with E-state index in [1.165, 1.54) is 82.6 Å². The lowest BCUT2D eigenvalue weighted by molar-refractivity contribution is 0.627. The molecule has 0 amide bonds. The van der Waals surface area contributed by atoms with Gasteiger partial charge in [0, 0.05) is 34.6 Å². The molecular formula is C30H41N3S. The molecule has 2 heterocycles. The number of benzene rings is 1. The molecule has 0 unspecified atom stereocenters. The zero-order valence-corrected chi connectivity index (χ0v) is 22.0. The van der Waals surface area contributed by atoms with Gasteiger partial charge in [0.25, 0.3) is 0 Å². The monoisotopic (exact) mass is 475 g/mol. The molecule has 34 heavy (non-hydrogen) atoms. The molecule has 3 aromatic rings. The first-order valence-corrected chi connectivity index (χ1v) is 14.3. The van der Waals surface area contributed by atoms with Gasteiger partial charge in [-0.05, 0) is 42.7 Å². The predicted octanol–water partition coefficient (Wildman–Crippen LogP) is 9.17. The number of rotatable bonds is 16. The third-order valence-electron chi connectivity index (χ3n) is 6.24. The Morgan fingerprint density at radius 1 is 0.588 bits per heavy atom. The molecule has 0 bridgehead atoms. The van der Waals surface area contributed by atoms with Crippen molar-refractivity contribution >= 4 is 11.8 Å². The summed E-state index contributed by atoms with van der Waals surface area (Å²) in [4.78, 5) is 15.0. The SMILES string of the molecule is CCCCCCCCSc1cnc(-c2ccc(-c3ccc(CCCCCCC)cc3)nc2)nc1. The van der Waals surface area contributed by atoms with Crippen molar-refractivity contribution in [3.05, 3.63) is 60.6 Å². The van der Waals surface area contributed by atoms with Crippen LogP contribution < -0.4 is 0 Å². The lowest BCUT2D eigenvalue weighted by atomic mass is 10.0. The third-order valence-corrected chi connectivity index (χ3v) is 7.27. The molecule has 0 saturated carbocycles. The minimum atomic E-state index is 0.737. The minimum absolute atomic E-state index is 0.737. The number of hydrogen-bond donors (Lipinski definition) is 0. The fourth-order valence-corrected chi connectivity index (χ4v) is 4.92. The smallest absolute Gasteiger partial charge is 0.160 e. The van der Waals surface area contributed by atoms with Crippen LogP contribution in [0.3, 0.4) is 0 Å². The van der Waals surface area contributed by atoms with Gasteiger partial charge in [0.05, 0.1) is 5.69 Å². The molecule has 0 spiro atoms. The number of nitrogens with zero attached hydrogens (tertiary/aromatic N) is 3. The van der Waals surface area contributed by atoms with Crippen molar-refractivity contribution in [2.75, 3.05) is 5.75 Å². The number of aromatic nitrogens is 3. The van der Waals surface area contributed by atoms with E-state index in [-0.39, 0.29) is 0 Å². The van der Waals surface area contributed by atoms with Crippen LogP contribution in [-0.4, -0.2) is 20.7 Å². The van der Waals surface area contributed by atoms with Crippen molar-refractivity contribution in [3.8, 4) is 22.6 Å². The fourth-order valence-electron chi connectivity index (χ4n) is 4.08. The van der Waals surface area contributed by atoms with E-state index in [2.05, 4.69) is 65.2 Å². The summed E-state index contributed by atoms with van der Waals surface area (Å²) >= 11 is 1.86. The van der Waals surface area contributed by atoms with Gasteiger partial charge in [-0.25, -0.2) is 9.97 Å². The van der Waals surface area contributed by atoms with Crippen LogP contribution in [0.1, 0.15) is 90.0 Å². The quantitative estimate of drug-likeness (QED) is 0.153. The van der Waals surface area contributed by atoms with Gasteiger partial charge in [-0.2, -0.15) is 0 Å². The fraction of sp³-hybridized carbons (Fsp3) is 0.500. The Hall–Kier alpha value is -2.20. The summed E-state index contributed by atoms with van der Waals surface area (Å²) in [5, 5.41) is 0. The van der Waals surface area contributed by atoms with E-state index < -0.39 is 0 Å². The molecule has 182 valence electrons. The molecule has 0 saturated heterocycles. The zero-order valence-electron chi connectivity index (χ0n) is 21.1. The second-order valence-electron chi connectivity index (χ2n) is 9.15. The number of unbranched alkanes of at least 4 members (excludes halogenated alkanes) is 9. The van der Waals surface area contributed by atoms with Gasteiger partial charge < -0.3 is 0 Å². The first kappa shape index (κ1) is 26.4. The van der Waals surface area contributed by atoms with Crippen molar-refractivity contribution in [1.29, 1.82) is 0 Å². The maximum absolute atomic E-state index is 4.68. The van der Waals surface area contributed by atoms with Gasteiger partial charge in [0.15, 0.2) is 5.82 Å². The maximum Gasteiger partial charge on any atom is 0.160 e. The molecular weight excluding hydrogens is 434 g/mol. The lowest BCUT2D eigenvalue weighted by Crippen LogP contribution is -1.92. The molecule has 0 N–H and O–H groups in total. The number of pyridine rings is 1. The van der Waals surface area contributed by atoms with Gasteiger partial charge in [0.1, 0.15) is 0 Å². The summed E-state index contributed by atoms with van der Waals surface area (Å²) in [5.41, 5.74) is 4.52. The maximum atomic E-state index is 4.68. The van der Waals surface area contributed by atoms with Crippen LogP contribution in [0.25, 0.3) is 22.6 Å². The van der Waals surface area contributed by atoms with E-state index in [0.29, 0.717) is 0 Å². The standard InChI is InChI=1S/C30H41N3S/c1-3-5-7-9-11-13-21-34-28-23-32-30(33-24-28)27-19-20-29(31-22-27)26-17-15-25(16-18-26)14-12-10-8-6-4-2/h15-20,22-24H,3-14,21H2,1-2H3. The van der Waals surface area contributed by atoms with Crippen LogP contribution in [0.2, 0.25) is 0 Å². The zero-order chi connectivity index (χ0) is 23.8. The van der Waals surface area contributed by atoms with Crippen molar-refractivity contribution in [1.82, 2.24) is 15.0 Å². The molecule has 0 aliphatic rings. The molecule has 4 heteroatoms. The van der Waals surface area contributed by atoms with Gasteiger partial charge in [0.2, 0.25) is 0 Å². The van der Waals surface area contributed by atoms with Gasteiger partial charge in [-0.3, -0.25) is 4.98 Å². The molecule has 0 fully saturated rings. The summed E-state index contributed by atoms with van der Waals surface area (Å²) in [5.74, 6) is 1.88. The van der Waals surface area contributed by atoms with Crippen molar-refractivity contribution in [3.63, 3.8) is 0 Å². The van der Waals surface area contributed by atoms with E-state index in [0.717, 1.165) is 33.3 Å². The Bertz CT molecular complexity index is 921. The third kappa shape index (κ3) is 9.21. The molecule has 0 atom stereocenters. The summed E-state index contributed by atoms with van der Waals surface area (Å²) in [6.07, 6.45) is 21.6. The molecule has 3 nitrogen and oxygen atoms in total. The molecule has 0 aliphatic heterocycles. The van der Waals surface area contributed by atoms with Gasteiger partial charge >= 0.3 is 0 Å². The van der Waals surface area contributed by atoms with Gasteiger partial charge in [-0.1, -0.05) is 95.9 Å². The number of hydrogen-bond acceptors (Lipinski definition) is 4. The average molecular weight is 476 g/mol. The van der Waals surface area contributed by atoms with E-state index in [9.17, 15) is 0 Å². The van der Waals surface area contributed by atoms with E-state index in [1.807, 2.05) is 30.4 Å². The van der Waals surface area contributed by atoms with Crippen molar-refractivity contribution in [2.45, 2.75) is 95.8 Å². The highest BCUT2D eigenvalue weighted by Gasteiger charge is 2.05. The normalized spacial score (nSPS) is 11.1. The number of thioether (sulfide) groups is 1. The predicted molar refractivity (Wildman–Crippen MR) is 147 cm³/mol. The van der Waals surface area contributed by atoms with Crippen molar-refractivity contribution < 1.29 is 0 Å². The van der Waals surface area contributed by atoms with Crippen molar-refractivity contribution in [2.24, 2.45) is 0 Å². The molecule has 0 radical (unpaired) electrons. The van der Waals surface area contributed by atoms with Crippen LogP contribution in [-0.2, 0) is 6.42 Å². The summed E-state index contributed by atoms with van der Waals surface area (Å²) in [7, 11) is 0. The average Bonchev–Trinajstić information content (AvgIpc) is 2.89. The van der Waals surface area contributed by atoms with Crippen LogP contribution in [0.15, 0.2) is 59.9 Å². The summed E-state index contributed by atoms with van der Waals surface area (Å²) in [6, 6.07) is 13.0. The Balaban J connectivity index is 1.45. The Morgan fingerprint density at radius 3 is 1.85 bits per heavy atom. The summed E-state index contributed by atoms with van der Waals surface area (Å²) < 4.78 is 0. The van der Waals surface area contributed by atoms with E-state index in [1.54, 1.807) is 0 Å². The van der Waals surface area contributed by atoms with Crippen LogP contribution >= 0.6 is 11.8 Å². The minimum Gasteiger partial charge on any atom is -0.255 e. The topological polar surface area (TPSA) is 38.7 Å². The summed E-state index contributed by atoms with van der Waals surface area (Å²) in [6.45, 7) is 4.53. The van der Waals surface area contributed by atoms with E-state index in [4.69, 9.17) is 0 Å². The van der Waals surface area contributed by atoms with E-state index >= 15 is 0 Å². The highest BCUT2D eigenvalue weighted by Crippen LogP contribution is 2.23. The van der Waals surface area contributed by atoms with Crippen LogP contribution in [0, 0.1) is 0 Å². The first-order chi connectivity index (χ1) is 16.8. The Morgan fingerprint density at radius 2 is 1.21 bits per heavy atom. The molecule has 2 aromatic heterocycles. The number of aryl methyl sites for hydroxylation is 1. The Labute approximate surface area is 211 Å². The first-order valence-electron chi connectivity index (χ1n) is 13.3.